The maximum absolute atomic E-state index is 12.9. The molecule has 0 amide bonds. The number of thiophene rings is 1. The number of aromatic nitrogens is 1. The number of nitrogens with zero attached hydrogens (tertiary/aromatic N) is 1. The van der Waals surface area contributed by atoms with Gasteiger partial charge in [-0.3, -0.25) is 0 Å². The SMILES string of the molecule is Cc1ccc2[nH]c(C3CCCN(S(=O)(=O)c4ccc(Cl)s4)C3)cc2c1. The Labute approximate surface area is 156 Å². The third kappa shape index (κ3) is 3.24. The van der Waals surface area contributed by atoms with Crippen LogP contribution in [0.3, 0.4) is 0 Å². The van der Waals surface area contributed by atoms with E-state index in [-0.39, 0.29) is 5.92 Å². The number of piperidine rings is 1. The normalized spacial score (nSPS) is 19.5. The summed E-state index contributed by atoms with van der Waals surface area (Å²) < 4.78 is 28.1. The summed E-state index contributed by atoms with van der Waals surface area (Å²) in [4.78, 5) is 3.47. The van der Waals surface area contributed by atoms with Gasteiger partial charge < -0.3 is 4.98 Å². The van der Waals surface area contributed by atoms with Crippen molar-refractivity contribution in [2.75, 3.05) is 13.1 Å². The predicted octanol–water partition coefficient (Wildman–Crippen LogP) is 4.76. The van der Waals surface area contributed by atoms with E-state index in [1.165, 1.54) is 10.9 Å². The van der Waals surface area contributed by atoms with Crippen LogP contribution < -0.4 is 0 Å². The van der Waals surface area contributed by atoms with Crippen LogP contribution in [0.15, 0.2) is 40.6 Å². The van der Waals surface area contributed by atoms with Crippen molar-refractivity contribution in [3.8, 4) is 0 Å². The van der Waals surface area contributed by atoms with E-state index in [1.54, 1.807) is 16.4 Å². The molecule has 1 aliphatic rings. The predicted molar refractivity (Wildman–Crippen MR) is 103 cm³/mol. The fraction of sp³-hybridized carbons (Fsp3) is 0.333. The van der Waals surface area contributed by atoms with Crippen molar-refractivity contribution in [1.29, 1.82) is 0 Å². The molecule has 25 heavy (non-hydrogen) atoms. The molecule has 4 nitrogen and oxygen atoms in total. The molecule has 3 aromatic rings. The fourth-order valence-corrected chi connectivity index (χ4v) is 6.63. The summed E-state index contributed by atoms with van der Waals surface area (Å²) in [5, 5.41) is 1.18. The largest absolute Gasteiger partial charge is 0.358 e. The molecule has 0 aliphatic carbocycles. The molecule has 1 aromatic carbocycles. The molecule has 1 unspecified atom stereocenters. The monoisotopic (exact) mass is 394 g/mol. The van der Waals surface area contributed by atoms with E-state index in [1.807, 2.05) is 0 Å². The summed E-state index contributed by atoms with van der Waals surface area (Å²) in [6.07, 6.45) is 1.85. The van der Waals surface area contributed by atoms with Gasteiger partial charge >= 0.3 is 0 Å². The van der Waals surface area contributed by atoms with Crippen LogP contribution in [0, 0.1) is 6.92 Å². The van der Waals surface area contributed by atoms with Gasteiger partial charge in [-0.25, -0.2) is 8.42 Å². The fourth-order valence-electron chi connectivity index (χ4n) is 3.47. The van der Waals surface area contributed by atoms with E-state index in [0.29, 0.717) is 21.6 Å². The highest BCUT2D eigenvalue weighted by Gasteiger charge is 2.32. The molecule has 1 N–H and O–H groups in total. The number of H-pyrrole nitrogens is 1. The summed E-state index contributed by atoms with van der Waals surface area (Å²) in [5.41, 5.74) is 3.44. The molecule has 1 atom stereocenters. The maximum atomic E-state index is 12.9. The number of rotatable bonds is 3. The molecule has 0 radical (unpaired) electrons. The van der Waals surface area contributed by atoms with Gasteiger partial charge in [-0.1, -0.05) is 23.2 Å². The molecule has 0 saturated carbocycles. The first-order chi connectivity index (χ1) is 11.9. The number of sulfonamides is 1. The lowest BCUT2D eigenvalue weighted by molar-refractivity contribution is 0.314. The van der Waals surface area contributed by atoms with Crippen molar-refractivity contribution < 1.29 is 8.42 Å². The van der Waals surface area contributed by atoms with Gasteiger partial charge in [0.2, 0.25) is 0 Å². The second-order valence-electron chi connectivity index (χ2n) is 6.58. The highest BCUT2D eigenvalue weighted by Crippen LogP contribution is 2.34. The third-order valence-electron chi connectivity index (χ3n) is 4.76. The number of hydrogen-bond donors (Lipinski definition) is 1. The zero-order valence-electron chi connectivity index (χ0n) is 13.8. The Bertz CT molecular complexity index is 1020. The Hall–Kier alpha value is -1.34. The van der Waals surface area contributed by atoms with Gasteiger partial charge in [-0.2, -0.15) is 4.31 Å². The van der Waals surface area contributed by atoms with Crippen LogP contribution in [0.2, 0.25) is 4.34 Å². The van der Waals surface area contributed by atoms with Crippen LogP contribution in [0.1, 0.15) is 30.0 Å². The van der Waals surface area contributed by atoms with Gasteiger partial charge in [0.1, 0.15) is 4.21 Å². The number of benzene rings is 1. The van der Waals surface area contributed by atoms with Gasteiger partial charge in [0.25, 0.3) is 10.0 Å². The molecule has 4 rings (SSSR count). The molecule has 0 spiro atoms. The van der Waals surface area contributed by atoms with E-state index in [9.17, 15) is 8.42 Å². The first kappa shape index (κ1) is 17.1. The van der Waals surface area contributed by atoms with Crippen LogP contribution in [0.5, 0.6) is 0 Å². The van der Waals surface area contributed by atoms with Gasteiger partial charge in [-0.05, 0) is 55.5 Å². The first-order valence-electron chi connectivity index (χ1n) is 8.28. The van der Waals surface area contributed by atoms with E-state index in [0.717, 1.165) is 35.4 Å². The van der Waals surface area contributed by atoms with Crippen molar-refractivity contribution in [2.45, 2.75) is 29.9 Å². The average molecular weight is 395 g/mol. The summed E-state index contributed by atoms with van der Waals surface area (Å²) in [6, 6.07) is 11.7. The molecule has 132 valence electrons. The second kappa shape index (κ2) is 6.43. The van der Waals surface area contributed by atoms with E-state index in [2.05, 4.69) is 36.2 Å². The molecule has 3 heterocycles. The smallest absolute Gasteiger partial charge is 0.252 e. The van der Waals surface area contributed by atoms with Gasteiger partial charge in [0, 0.05) is 30.2 Å². The highest BCUT2D eigenvalue weighted by molar-refractivity contribution is 7.91. The van der Waals surface area contributed by atoms with Crippen LogP contribution >= 0.6 is 22.9 Å². The van der Waals surface area contributed by atoms with Gasteiger partial charge in [-0.15, -0.1) is 11.3 Å². The van der Waals surface area contributed by atoms with Crippen LogP contribution in [-0.4, -0.2) is 30.8 Å². The lowest BCUT2D eigenvalue weighted by Crippen LogP contribution is -2.38. The Balaban J connectivity index is 1.61. The van der Waals surface area contributed by atoms with Crippen molar-refractivity contribution in [1.82, 2.24) is 9.29 Å². The Morgan fingerprint density at radius 1 is 1.24 bits per heavy atom. The molecule has 1 aliphatic heterocycles. The molecule has 0 bridgehead atoms. The van der Waals surface area contributed by atoms with Crippen molar-refractivity contribution >= 4 is 43.9 Å². The minimum absolute atomic E-state index is 0.187. The van der Waals surface area contributed by atoms with E-state index in [4.69, 9.17) is 11.6 Å². The van der Waals surface area contributed by atoms with Crippen LogP contribution in [-0.2, 0) is 10.0 Å². The summed E-state index contributed by atoms with van der Waals surface area (Å²) >= 11 is 7.04. The van der Waals surface area contributed by atoms with E-state index < -0.39 is 10.0 Å². The summed E-state index contributed by atoms with van der Waals surface area (Å²) in [5.74, 6) is 0.187. The van der Waals surface area contributed by atoms with Crippen molar-refractivity contribution in [2.24, 2.45) is 0 Å². The maximum Gasteiger partial charge on any atom is 0.252 e. The molecular formula is C18H19ClN2O2S2. The lowest BCUT2D eigenvalue weighted by Gasteiger charge is -2.31. The minimum Gasteiger partial charge on any atom is -0.358 e. The van der Waals surface area contributed by atoms with E-state index >= 15 is 0 Å². The first-order valence-corrected chi connectivity index (χ1v) is 10.9. The number of nitrogens with one attached hydrogen (secondary N) is 1. The minimum atomic E-state index is -3.47. The zero-order chi connectivity index (χ0) is 17.6. The number of aryl methyl sites for hydroxylation is 1. The standard InChI is InChI=1S/C18H19ClN2O2S2/c1-12-4-5-15-14(9-12)10-16(20-15)13-3-2-8-21(11-13)25(22,23)18-7-6-17(19)24-18/h4-7,9-10,13,20H,2-3,8,11H2,1H3. The lowest BCUT2D eigenvalue weighted by atomic mass is 9.96. The highest BCUT2D eigenvalue weighted by atomic mass is 35.5. The van der Waals surface area contributed by atoms with Gasteiger partial charge in [0.05, 0.1) is 4.34 Å². The Morgan fingerprint density at radius 2 is 2.08 bits per heavy atom. The third-order valence-corrected chi connectivity index (χ3v) is 8.33. The van der Waals surface area contributed by atoms with Crippen LogP contribution in [0.25, 0.3) is 10.9 Å². The van der Waals surface area contributed by atoms with Crippen molar-refractivity contribution in [3.63, 3.8) is 0 Å². The Kier molecular flexibility index (Phi) is 4.40. The summed E-state index contributed by atoms with van der Waals surface area (Å²) in [6.45, 7) is 3.14. The quantitative estimate of drug-likeness (QED) is 0.696. The molecule has 7 heteroatoms. The number of hydrogen-bond acceptors (Lipinski definition) is 3. The van der Waals surface area contributed by atoms with Gasteiger partial charge in [0.15, 0.2) is 0 Å². The van der Waals surface area contributed by atoms with Crippen LogP contribution in [0.4, 0.5) is 0 Å². The van der Waals surface area contributed by atoms with Crippen molar-refractivity contribution in [3.05, 3.63) is 52.0 Å². The topological polar surface area (TPSA) is 53.2 Å². The molecule has 1 saturated heterocycles. The summed E-state index contributed by atoms with van der Waals surface area (Å²) in [7, 11) is -3.47. The molecular weight excluding hydrogens is 376 g/mol. The zero-order valence-corrected chi connectivity index (χ0v) is 16.2. The number of aromatic amines is 1. The second-order valence-corrected chi connectivity index (χ2v) is 10.5. The Morgan fingerprint density at radius 3 is 2.84 bits per heavy atom. The average Bonchev–Trinajstić information content (AvgIpc) is 3.21. The molecule has 1 fully saturated rings. The number of halogens is 1. The molecule has 2 aromatic heterocycles. The number of fused-ring (bicyclic) bond motifs is 1.